The van der Waals surface area contributed by atoms with Crippen molar-refractivity contribution < 1.29 is 19.3 Å². The Balaban J connectivity index is 2.44. The number of unbranched alkanes of at least 4 members (excludes halogenated alkanes) is 2. The summed E-state index contributed by atoms with van der Waals surface area (Å²) in [5.74, 6) is -0.238. The molecule has 1 aliphatic rings. The molecule has 0 amide bonds. The van der Waals surface area contributed by atoms with Gasteiger partial charge >= 0.3 is 5.97 Å². The first-order valence-corrected chi connectivity index (χ1v) is 7.53. The molecule has 1 atom stereocenters. The summed E-state index contributed by atoms with van der Waals surface area (Å²) in [6.45, 7) is 5.17. The second-order valence-electron chi connectivity index (χ2n) is 5.07. The van der Waals surface area contributed by atoms with Gasteiger partial charge in [0.15, 0.2) is 0 Å². The highest BCUT2D eigenvalue weighted by atomic mass is 17.2. The predicted molar refractivity (Wildman–Crippen MR) is 78.1 cm³/mol. The van der Waals surface area contributed by atoms with Crippen LogP contribution >= 0.6 is 0 Å². The van der Waals surface area contributed by atoms with E-state index in [1.165, 1.54) is 0 Å². The van der Waals surface area contributed by atoms with Gasteiger partial charge in [-0.05, 0) is 18.9 Å². The molecule has 1 rings (SSSR count). The number of ether oxygens (including phenoxy) is 1. The molecule has 1 unspecified atom stereocenters. The minimum absolute atomic E-state index is 0.184. The third-order valence-electron chi connectivity index (χ3n) is 3.12. The van der Waals surface area contributed by atoms with E-state index in [2.05, 4.69) is 13.8 Å². The van der Waals surface area contributed by atoms with Crippen LogP contribution in [0.25, 0.3) is 0 Å². The SMILES string of the molecule is CCCCOOC1(CC(=O)OCCCC)C=CC=CC1. The third kappa shape index (κ3) is 6.35. The number of hydrogen-bond acceptors (Lipinski definition) is 4. The highest BCUT2D eigenvalue weighted by Crippen LogP contribution is 2.27. The lowest BCUT2D eigenvalue weighted by molar-refractivity contribution is -0.348. The standard InChI is InChI=1S/C16H26O4/c1-3-5-12-18-15(17)14-16(10-8-7-9-11-16)20-19-13-6-4-2/h7-10H,3-6,11-14H2,1-2H3. The Hall–Kier alpha value is -1.13. The van der Waals surface area contributed by atoms with Gasteiger partial charge in [-0.15, -0.1) is 0 Å². The Morgan fingerprint density at radius 2 is 1.90 bits per heavy atom. The molecule has 0 saturated carbocycles. The Morgan fingerprint density at radius 3 is 2.55 bits per heavy atom. The van der Waals surface area contributed by atoms with Crippen molar-refractivity contribution in [3.8, 4) is 0 Å². The summed E-state index contributed by atoms with van der Waals surface area (Å²) in [5, 5.41) is 0. The van der Waals surface area contributed by atoms with Gasteiger partial charge in [-0.1, -0.05) is 44.9 Å². The molecule has 0 fully saturated rings. The van der Waals surface area contributed by atoms with Gasteiger partial charge in [0, 0.05) is 6.42 Å². The zero-order valence-electron chi connectivity index (χ0n) is 12.6. The molecule has 0 N–H and O–H groups in total. The first kappa shape index (κ1) is 16.9. The van der Waals surface area contributed by atoms with Gasteiger partial charge in [0.2, 0.25) is 0 Å². The predicted octanol–water partition coefficient (Wildman–Crippen LogP) is 3.72. The quantitative estimate of drug-likeness (QED) is 0.265. The maximum Gasteiger partial charge on any atom is 0.309 e. The molecule has 20 heavy (non-hydrogen) atoms. The molecule has 0 saturated heterocycles. The van der Waals surface area contributed by atoms with Gasteiger partial charge in [-0.3, -0.25) is 4.79 Å². The molecule has 4 heteroatoms. The monoisotopic (exact) mass is 282 g/mol. The van der Waals surface area contributed by atoms with E-state index < -0.39 is 5.60 Å². The largest absolute Gasteiger partial charge is 0.466 e. The van der Waals surface area contributed by atoms with Gasteiger partial charge in [-0.2, -0.15) is 0 Å². The molecule has 4 nitrogen and oxygen atoms in total. The van der Waals surface area contributed by atoms with Crippen LogP contribution in [0.1, 0.15) is 52.4 Å². The van der Waals surface area contributed by atoms with E-state index in [9.17, 15) is 4.79 Å². The molecule has 0 bridgehead atoms. The molecular formula is C16H26O4. The van der Waals surface area contributed by atoms with Crippen LogP contribution < -0.4 is 0 Å². The van der Waals surface area contributed by atoms with E-state index >= 15 is 0 Å². The number of hydrogen-bond donors (Lipinski definition) is 0. The van der Waals surface area contributed by atoms with Crippen LogP contribution in [0.3, 0.4) is 0 Å². The molecule has 0 spiro atoms. The number of rotatable bonds is 10. The van der Waals surface area contributed by atoms with Crippen molar-refractivity contribution in [3.63, 3.8) is 0 Å². The Labute approximate surface area is 121 Å². The Morgan fingerprint density at radius 1 is 1.15 bits per heavy atom. The lowest BCUT2D eigenvalue weighted by Crippen LogP contribution is -2.34. The molecule has 0 aromatic rings. The molecule has 0 aromatic heterocycles. The van der Waals surface area contributed by atoms with Gasteiger partial charge in [0.1, 0.15) is 5.60 Å². The number of carbonyl (C=O) groups is 1. The van der Waals surface area contributed by atoms with Crippen LogP contribution in [-0.2, 0) is 19.3 Å². The van der Waals surface area contributed by atoms with Crippen LogP contribution in [0.4, 0.5) is 0 Å². The fourth-order valence-corrected chi connectivity index (χ4v) is 1.86. The topological polar surface area (TPSA) is 44.8 Å². The van der Waals surface area contributed by atoms with Crippen molar-refractivity contribution in [1.29, 1.82) is 0 Å². The van der Waals surface area contributed by atoms with Gasteiger partial charge < -0.3 is 4.74 Å². The first-order valence-electron chi connectivity index (χ1n) is 7.53. The number of allylic oxidation sites excluding steroid dienone is 2. The molecule has 0 radical (unpaired) electrons. The number of esters is 1. The summed E-state index contributed by atoms with van der Waals surface area (Å²) in [4.78, 5) is 22.6. The lowest BCUT2D eigenvalue weighted by Gasteiger charge is -2.28. The van der Waals surface area contributed by atoms with Gasteiger partial charge in [-0.25, -0.2) is 9.78 Å². The summed E-state index contributed by atoms with van der Waals surface area (Å²) >= 11 is 0. The van der Waals surface area contributed by atoms with Gasteiger partial charge in [0.25, 0.3) is 0 Å². The van der Waals surface area contributed by atoms with Crippen LogP contribution in [0.15, 0.2) is 24.3 Å². The molecular weight excluding hydrogens is 256 g/mol. The molecule has 0 aliphatic heterocycles. The fourth-order valence-electron chi connectivity index (χ4n) is 1.86. The minimum Gasteiger partial charge on any atom is -0.466 e. The van der Waals surface area contributed by atoms with Crippen molar-refractivity contribution in [2.45, 2.75) is 58.0 Å². The highest BCUT2D eigenvalue weighted by molar-refractivity contribution is 5.71. The summed E-state index contributed by atoms with van der Waals surface area (Å²) in [6.07, 6.45) is 12.4. The third-order valence-corrected chi connectivity index (χ3v) is 3.12. The van der Waals surface area contributed by atoms with Gasteiger partial charge in [0.05, 0.1) is 19.6 Å². The summed E-state index contributed by atoms with van der Waals surface area (Å²) < 4.78 is 5.21. The van der Waals surface area contributed by atoms with Crippen molar-refractivity contribution in [2.24, 2.45) is 0 Å². The molecule has 114 valence electrons. The highest BCUT2D eigenvalue weighted by Gasteiger charge is 2.33. The number of carbonyl (C=O) groups excluding carboxylic acids is 1. The van der Waals surface area contributed by atoms with E-state index in [1.807, 2.05) is 24.3 Å². The molecule has 0 aromatic carbocycles. The average molecular weight is 282 g/mol. The van der Waals surface area contributed by atoms with E-state index in [-0.39, 0.29) is 12.4 Å². The van der Waals surface area contributed by atoms with Crippen molar-refractivity contribution in [2.75, 3.05) is 13.2 Å². The molecule has 0 heterocycles. The zero-order valence-corrected chi connectivity index (χ0v) is 12.6. The van der Waals surface area contributed by atoms with Crippen molar-refractivity contribution >= 4 is 5.97 Å². The second kappa shape index (κ2) is 9.72. The summed E-state index contributed by atoms with van der Waals surface area (Å²) in [6, 6.07) is 0. The minimum atomic E-state index is -0.716. The lowest BCUT2D eigenvalue weighted by atomic mass is 9.92. The van der Waals surface area contributed by atoms with Crippen LogP contribution in [0, 0.1) is 0 Å². The Kier molecular flexibility index (Phi) is 8.23. The maximum atomic E-state index is 11.9. The summed E-state index contributed by atoms with van der Waals surface area (Å²) in [7, 11) is 0. The van der Waals surface area contributed by atoms with E-state index in [1.54, 1.807) is 0 Å². The van der Waals surface area contributed by atoms with Crippen molar-refractivity contribution in [1.82, 2.24) is 0 Å². The summed E-state index contributed by atoms with van der Waals surface area (Å²) in [5.41, 5.74) is -0.716. The second-order valence-corrected chi connectivity index (χ2v) is 5.07. The maximum absolute atomic E-state index is 11.9. The van der Waals surface area contributed by atoms with Crippen LogP contribution in [-0.4, -0.2) is 24.8 Å². The van der Waals surface area contributed by atoms with Crippen molar-refractivity contribution in [3.05, 3.63) is 24.3 Å². The first-order chi connectivity index (χ1) is 9.72. The normalized spacial score (nSPS) is 21.1. The van der Waals surface area contributed by atoms with E-state index in [0.717, 1.165) is 25.7 Å². The van der Waals surface area contributed by atoms with E-state index in [4.69, 9.17) is 14.5 Å². The zero-order chi connectivity index (χ0) is 14.7. The fraction of sp³-hybridized carbons (Fsp3) is 0.688. The average Bonchev–Trinajstić information content (AvgIpc) is 2.45. The van der Waals surface area contributed by atoms with E-state index in [0.29, 0.717) is 19.6 Å². The van der Waals surface area contributed by atoms with Crippen LogP contribution in [0.5, 0.6) is 0 Å². The Bertz CT molecular complexity index is 335. The molecule has 1 aliphatic carbocycles. The van der Waals surface area contributed by atoms with Crippen LogP contribution in [0.2, 0.25) is 0 Å². The smallest absolute Gasteiger partial charge is 0.309 e.